The Morgan fingerprint density at radius 3 is 2.41 bits per heavy atom. The molecular formula is C16H25O. The SMILES string of the molecule is CCCCCCCC[CH]COc1ccccc1. The molecule has 0 bridgehead atoms. The highest BCUT2D eigenvalue weighted by Gasteiger charge is 1.93. The van der Waals surface area contributed by atoms with E-state index in [9.17, 15) is 0 Å². The van der Waals surface area contributed by atoms with Crippen molar-refractivity contribution in [3.8, 4) is 5.75 Å². The summed E-state index contributed by atoms with van der Waals surface area (Å²) in [6.45, 7) is 2.99. The van der Waals surface area contributed by atoms with Crippen LogP contribution in [0.3, 0.4) is 0 Å². The topological polar surface area (TPSA) is 9.23 Å². The van der Waals surface area contributed by atoms with E-state index in [0.29, 0.717) is 0 Å². The van der Waals surface area contributed by atoms with Crippen molar-refractivity contribution in [1.29, 1.82) is 0 Å². The summed E-state index contributed by atoms with van der Waals surface area (Å²) in [7, 11) is 0. The van der Waals surface area contributed by atoms with E-state index in [4.69, 9.17) is 4.74 Å². The average Bonchev–Trinajstić information content (AvgIpc) is 2.38. The Kier molecular flexibility index (Phi) is 8.44. The summed E-state index contributed by atoms with van der Waals surface area (Å²) >= 11 is 0. The summed E-state index contributed by atoms with van der Waals surface area (Å²) in [5, 5.41) is 0. The van der Waals surface area contributed by atoms with Crippen LogP contribution in [0.5, 0.6) is 5.75 Å². The molecule has 0 N–H and O–H groups in total. The number of unbranched alkanes of at least 4 members (excludes halogenated alkanes) is 7. The molecule has 0 aliphatic carbocycles. The second-order valence-corrected chi connectivity index (χ2v) is 4.47. The van der Waals surface area contributed by atoms with Gasteiger partial charge in [-0.2, -0.15) is 0 Å². The lowest BCUT2D eigenvalue weighted by Crippen LogP contribution is -1.97. The zero-order chi connectivity index (χ0) is 12.2. The fourth-order valence-electron chi connectivity index (χ4n) is 1.82. The largest absolute Gasteiger partial charge is 0.493 e. The molecule has 0 heterocycles. The van der Waals surface area contributed by atoms with Crippen molar-refractivity contribution in [2.45, 2.75) is 51.9 Å². The lowest BCUT2D eigenvalue weighted by molar-refractivity contribution is 0.343. The van der Waals surface area contributed by atoms with Crippen molar-refractivity contribution < 1.29 is 4.74 Å². The summed E-state index contributed by atoms with van der Waals surface area (Å²) in [6, 6.07) is 10.0. The van der Waals surface area contributed by atoms with Gasteiger partial charge in [-0.1, -0.05) is 63.6 Å². The number of hydrogen-bond acceptors (Lipinski definition) is 1. The van der Waals surface area contributed by atoms with Gasteiger partial charge in [0.15, 0.2) is 0 Å². The smallest absolute Gasteiger partial charge is 0.119 e. The third kappa shape index (κ3) is 7.84. The Morgan fingerprint density at radius 1 is 0.941 bits per heavy atom. The summed E-state index contributed by atoms with van der Waals surface area (Å²) in [4.78, 5) is 0. The van der Waals surface area contributed by atoms with Gasteiger partial charge < -0.3 is 4.74 Å². The molecule has 1 radical (unpaired) electrons. The number of benzene rings is 1. The van der Waals surface area contributed by atoms with E-state index in [0.717, 1.165) is 12.4 Å². The number of hydrogen-bond donors (Lipinski definition) is 0. The summed E-state index contributed by atoms with van der Waals surface area (Å²) in [6.07, 6.45) is 11.6. The maximum absolute atomic E-state index is 5.60. The monoisotopic (exact) mass is 233 g/mol. The first-order valence-corrected chi connectivity index (χ1v) is 6.93. The van der Waals surface area contributed by atoms with Crippen LogP contribution in [0.1, 0.15) is 51.9 Å². The number of para-hydroxylation sites is 1. The predicted molar refractivity (Wildman–Crippen MR) is 74.2 cm³/mol. The number of ether oxygens (including phenoxy) is 1. The first-order valence-electron chi connectivity index (χ1n) is 6.93. The minimum atomic E-state index is 0.735. The molecule has 0 aromatic heterocycles. The fraction of sp³-hybridized carbons (Fsp3) is 0.562. The van der Waals surface area contributed by atoms with E-state index >= 15 is 0 Å². The lowest BCUT2D eigenvalue weighted by atomic mass is 10.1. The molecule has 95 valence electrons. The molecular weight excluding hydrogens is 208 g/mol. The molecule has 1 rings (SSSR count). The van der Waals surface area contributed by atoms with Crippen LogP contribution in [0.25, 0.3) is 0 Å². The molecule has 1 aromatic rings. The Hall–Kier alpha value is -0.980. The van der Waals surface area contributed by atoms with E-state index in [2.05, 4.69) is 13.3 Å². The van der Waals surface area contributed by atoms with Crippen LogP contribution in [0.2, 0.25) is 0 Å². The molecule has 1 aromatic carbocycles. The number of rotatable bonds is 10. The van der Waals surface area contributed by atoms with Gasteiger partial charge in [0.2, 0.25) is 0 Å². The van der Waals surface area contributed by atoms with Gasteiger partial charge >= 0.3 is 0 Å². The third-order valence-corrected chi connectivity index (χ3v) is 2.87. The summed E-state index contributed by atoms with van der Waals surface area (Å²) in [5.74, 6) is 0.965. The molecule has 0 unspecified atom stereocenters. The Balaban J connectivity index is 1.85. The average molecular weight is 233 g/mol. The molecule has 0 amide bonds. The highest BCUT2D eigenvalue weighted by atomic mass is 16.5. The Labute approximate surface area is 106 Å². The second kappa shape index (κ2) is 10.2. The summed E-state index contributed by atoms with van der Waals surface area (Å²) in [5.41, 5.74) is 0. The van der Waals surface area contributed by atoms with Gasteiger partial charge in [-0.05, 0) is 25.0 Å². The maximum atomic E-state index is 5.60. The highest BCUT2D eigenvalue weighted by Crippen LogP contribution is 2.10. The molecule has 0 fully saturated rings. The van der Waals surface area contributed by atoms with Crippen molar-refractivity contribution in [1.82, 2.24) is 0 Å². The lowest BCUT2D eigenvalue weighted by Gasteiger charge is -2.05. The van der Waals surface area contributed by atoms with Crippen LogP contribution >= 0.6 is 0 Å². The molecule has 1 nitrogen and oxygen atoms in total. The molecule has 17 heavy (non-hydrogen) atoms. The highest BCUT2D eigenvalue weighted by molar-refractivity contribution is 5.20. The van der Waals surface area contributed by atoms with Gasteiger partial charge in [-0.15, -0.1) is 0 Å². The minimum absolute atomic E-state index is 0.735. The van der Waals surface area contributed by atoms with Crippen molar-refractivity contribution in [2.75, 3.05) is 6.61 Å². The first kappa shape index (κ1) is 14.1. The van der Waals surface area contributed by atoms with Crippen molar-refractivity contribution >= 4 is 0 Å². The predicted octanol–water partition coefficient (Wildman–Crippen LogP) is 5.02. The van der Waals surface area contributed by atoms with Crippen LogP contribution in [-0.2, 0) is 0 Å². The van der Waals surface area contributed by atoms with Crippen LogP contribution < -0.4 is 4.74 Å². The Bertz CT molecular complexity index is 255. The van der Waals surface area contributed by atoms with Crippen molar-refractivity contribution in [3.63, 3.8) is 0 Å². The second-order valence-electron chi connectivity index (χ2n) is 4.47. The van der Waals surface area contributed by atoms with E-state index in [1.54, 1.807) is 0 Å². The van der Waals surface area contributed by atoms with Crippen LogP contribution in [0.15, 0.2) is 30.3 Å². The van der Waals surface area contributed by atoms with Gasteiger partial charge in [0.25, 0.3) is 0 Å². The maximum Gasteiger partial charge on any atom is 0.119 e. The van der Waals surface area contributed by atoms with Crippen molar-refractivity contribution in [2.24, 2.45) is 0 Å². The quantitative estimate of drug-likeness (QED) is 0.515. The zero-order valence-corrected chi connectivity index (χ0v) is 11.0. The van der Waals surface area contributed by atoms with Gasteiger partial charge in [-0.3, -0.25) is 0 Å². The van der Waals surface area contributed by atoms with Crippen LogP contribution in [0.4, 0.5) is 0 Å². The fourth-order valence-corrected chi connectivity index (χ4v) is 1.82. The molecule has 0 saturated carbocycles. The molecule has 1 heteroatoms. The van der Waals surface area contributed by atoms with Crippen molar-refractivity contribution in [3.05, 3.63) is 36.8 Å². The van der Waals surface area contributed by atoms with Gasteiger partial charge in [0.05, 0.1) is 6.61 Å². The van der Waals surface area contributed by atoms with Crippen LogP contribution in [0, 0.1) is 6.42 Å². The van der Waals surface area contributed by atoms with E-state index in [1.165, 1.54) is 44.9 Å². The minimum Gasteiger partial charge on any atom is -0.493 e. The normalized spacial score (nSPS) is 10.4. The molecule has 0 saturated heterocycles. The summed E-state index contributed by atoms with van der Waals surface area (Å²) < 4.78 is 5.60. The molecule has 0 atom stereocenters. The zero-order valence-electron chi connectivity index (χ0n) is 11.0. The molecule has 0 spiro atoms. The van der Waals surface area contributed by atoms with Gasteiger partial charge in [0, 0.05) is 0 Å². The van der Waals surface area contributed by atoms with Gasteiger partial charge in [0.1, 0.15) is 5.75 Å². The van der Waals surface area contributed by atoms with E-state index < -0.39 is 0 Å². The molecule has 0 aliphatic rings. The van der Waals surface area contributed by atoms with Gasteiger partial charge in [-0.25, -0.2) is 0 Å². The van der Waals surface area contributed by atoms with Crippen LogP contribution in [-0.4, -0.2) is 6.61 Å². The third-order valence-electron chi connectivity index (χ3n) is 2.87. The standard InChI is InChI=1S/C16H25O/c1-2-3-4-5-6-7-8-12-15-17-16-13-10-9-11-14-16/h9-14H,2-8,15H2,1H3. The van der Waals surface area contributed by atoms with E-state index in [1.807, 2.05) is 30.3 Å². The first-order chi connectivity index (χ1) is 8.43. The Morgan fingerprint density at radius 2 is 1.65 bits per heavy atom. The molecule has 0 aliphatic heterocycles. The van der Waals surface area contributed by atoms with E-state index in [-0.39, 0.29) is 0 Å².